The minimum absolute atomic E-state index is 0.103. The average Bonchev–Trinajstić information content (AvgIpc) is 3.58. The lowest BCUT2D eigenvalue weighted by Crippen LogP contribution is -2.64. The first kappa shape index (κ1) is 31.9. The molecule has 0 aromatic heterocycles. The van der Waals surface area contributed by atoms with Crippen molar-refractivity contribution in [2.75, 3.05) is 13.2 Å². The molecule has 1 unspecified atom stereocenters. The minimum Gasteiger partial charge on any atom is -0.457 e. The highest BCUT2D eigenvalue weighted by Gasteiger charge is 2.71. The lowest BCUT2D eigenvalue weighted by Gasteiger charge is -2.60. The summed E-state index contributed by atoms with van der Waals surface area (Å²) in [7, 11) is 0. The Hall–Kier alpha value is -2.55. The number of halogens is 1. The molecule has 0 saturated heterocycles. The van der Waals surface area contributed by atoms with E-state index < -0.39 is 53.2 Å². The van der Waals surface area contributed by atoms with Crippen LogP contribution in [0.5, 0.6) is 0 Å². The lowest BCUT2D eigenvalue weighted by molar-refractivity contribution is -0.187. The molecule has 0 radical (unpaired) electrons. The Labute approximate surface area is 253 Å². The molecule has 1 N–H and O–H groups in total. The smallest absolute Gasteiger partial charge is 0.457 e. The molecule has 0 aromatic rings. The molecule has 0 amide bonds. The van der Waals surface area contributed by atoms with E-state index in [1.165, 1.54) is 25.0 Å². The largest absolute Gasteiger partial charge is 0.509 e. The van der Waals surface area contributed by atoms with E-state index in [9.17, 15) is 24.3 Å². The molecule has 4 fully saturated rings. The van der Waals surface area contributed by atoms with E-state index in [0.717, 1.165) is 25.7 Å². The number of Topliss-reactive ketones (excluding diaryl/α,β-unsaturated/α-hetero) is 1. The topological polar surface area (TPSA) is 116 Å². The standard InChI is InChI=1S/C34H47FO8/c1-4-5-16-41-31(40)43-34(28(38)20-42-29(39)11-10-21-8-6-7-9-21)15-13-24-23-18-26(35)25-17-22(36)12-14-32(25,2)30(23)27(37)19-33(24,34)3/h12,14,17,21,23-24,26-27,30,37H,4-11,13,15-16,18-20H2,1-3H3/t23-,24-,26-,27?,30+,32-,33-,34-/m0/s1. The molecule has 5 aliphatic rings. The second kappa shape index (κ2) is 12.4. The summed E-state index contributed by atoms with van der Waals surface area (Å²) in [6, 6.07) is 0. The summed E-state index contributed by atoms with van der Waals surface area (Å²) >= 11 is 0. The molecule has 9 heteroatoms. The highest BCUT2D eigenvalue weighted by atomic mass is 19.1. The predicted molar refractivity (Wildman–Crippen MR) is 156 cm³/mol. The summed E-state index contributed by atoms with van der Waals surface area (Å²) in [5.74, 6) is -1.70. The number of fused-ring (bicyclic) bond motifs is 5. The van der Waals surface area contributed by atoms with Gasteiger partial charge in [-0.3, -0.25) is 14.4 Å². The van der Waals surface area contributed by atoms with E-state index >= 15 is 4.39 Å². The maximum absolute atomic E-state index is 15.8. The third-order valence-electron chi connectivity index (χ3n) is 11.6. The monoisotopic (exact) mass is 602 g/mol. The number of ketones is 2. The summed E-state index contributed by atoms with van der Waals surface area (Å²) in [5, 5.41) is 11.7. The fourth-order valence-corrected chi connectivity index (χ4v) is 9.43. The van der Waals surface area contributed by atoms with Crippen LogP contribution in [0, 0.1) is 34.5 Å². The van der Waals surface area contributed by atoms with Gasteiger partial charge >= 0.3 is 12.1 Å². The van der Waals surface area contributed by atoms with Crippen molar-refractivity contribution in [2.24, 2.45) is 34.5 Å². The van der Waals surface area contributed by atoms with Gasteiger partial charge in [0.25, 0.3) is 0 Å². The zero-order valence-electron chi connectivity index (χ0n) is 25.8. The number of aliphatic hydroxyl groups is 1. The van der Waals surface area contributed by atoms with Crippen molar-refractivity contribution in [2.45, 2.75) is 116 Å². The number of ether oxygens (including phenoxy) is 3. The van der Waals surface area contributed by atoms with Crippen LogP contribution >= 0.6 is 0 Å². The van der Waals surface area contributed by atoms with Crippen molar-refractivity contribution in [1.82, 2.24) is 0 Å². The number of alkyl halides is 1. The Balaban J connectivity index is 1.39. The first-order valence-corrected chi connectivity index (χ1v) is 16.3. The number of unbranched alkanes of at least 4 members (excludes halogenated alkanes) is 1. The minimum atomic E-state index is -1.69. The Bertz CT molecular complexity index is 1170. The van der Waals surface area contributed by atoms with Gasteiger partial charge in [-0.25, -0.2) is 9.18 Å². The average molecular weight is 603 g/mol. The van der Waals surface area contributed by atoms with Gasteiger partial charge in [0, 0.05) is 23.2 Å². The fourth-order valence-electron chi connectivity index (χ4n) is 9.43. The van der Waals surface area contributed by atoms with Crippen LogP contribution in [0.25, 0.3) is 0 Å². The zero-order valence-corrected chi connectivity index (χ0v) is 25.8. The van der Waals surface area contributed by atoms with Gasteiger partial charge in [-0.05, 0) is 74.0 Å². The number of hydrogen-bond acceptors (Lipinski definition) is 8. The summed E-state index contributed by atoms with van der Waals surface area (Å²) in [6.07, 6.45) is 9.07. The molecule has 5 aliphatic carbocycles. The van der Waals surface area contributed by atoms with Gasteiger partial charge in [-0.1, -0.05) is 59.0 Å². The Kier molecular flexibility index (Phi) is 9.22. The maximum atomic E-state index is 15.8. The lowest BCUT2D eigenvalue weighted by atomic mass is 9.46. The number of rotatable bonds is 10. The van der Waals surface area contributed by atoms with Crippen LogP contribution in [-0.4, -0.2) is 59.9 Å². The van der Waals surface area contributed by atoms with Crippen LogP contribution in [0.4, 0.5) is 9.18 Å². The van der Waals surface area contributed by atoms with E-state index in [2.05, 4.69) is 0 Å². The van der Waals surface area contributed by atoms with Crippen LogP contribution in [0.2, 0.25) is 0 Å². The van der Waals surface area contributed by atoms with Gasteiger partial charge in [-0.2, -0.15) is 0 Å². The van der Waals surface area contributed by atoms with Gasteiger partial charge in [0.1, 0.15) is 6.17 Å². The summed E-state index contributed by atoms with van der Waals surface area (Å²) < 4.78 is 32.5. The van der Waals surface area contributed by atoms with E-state index in [1.54, 1.807) is 6.08 Å². The summed E-state index contributed by atoms with van der Waals surface area (Å²) in [5.41, 5.74) is -3.19. The molecule has 8 atom stereocenters. The van der Waals surface area contributed by atoms with E-state index in [4.69, 9.17) is 14.2 Å². The van der Waals surface area contributed by atoms with Gasteiger partial charge in [-0.15, -0.1) is 0 Å². The second-order valence-corrected chi connectivity index (χ2v) is 14.0. The van der Waals surface area contributed by atoms with Gasteiger partial charge in [0.05, 0.1) is 12.7 Å². The van der Waals surface area contributed by atoms with Crippen LogP contribution in [-0.2, 0) is 28.6 Å². The summed E-state index contributed by atoms with van der Waals surface area (Å²) in [6.45, 7) is 5.27. The van der Waals surface area contributed by atoms with Crippen molar-refractivity contribution < 1.29 is 42.9 Å². The predicted octanol–water partition coefficient (Wildman–Crippen LogP) is 5.99. The molecule has 43 heavy (non-hydrogen) atoms. The Morgan fingerprint density at radius 2 is 1.86 bits per heavy atom. The first-order chi connectivity index (χ1) is 20.4. The molecule has 4 saturated carbocycles. The number of hydrogen-bond donors (Lipinski definition) is 1. The number of carbonyl (C=O) groups excluding carboxylic acids is 4. The molecule has 0 aliphatic heterocycles. The van der Waals surface area contributed by atoms with Crippen molar-refractivity contribution >= 4 is 23.7 Å². The van der Waals surface area contributed by atoms with Crippen molar-refractivity contribution in [3.8, 4) is 0 Å². The van der Waals surface area contributed by atoms with Gasteiger partial charge in [0.15, 0.2) is 18.0 Å². The van der Waals surface area contributed by atoms with E-state index in [1.807, 2.05) is 20.8 Å². The maximum Gasteiger partial charge on any atom is 0.509 e. The number of allylic oxidation sites excluding steroid dienone is 4. The normalized spacial score (nSPS) is 38.5. The highest BCUT2D eigenvalue weighted by molar-refractivity contribution is 6.01. The van der Waals surface area contributed by atoms with Crippen LogP contribution in [0.3, 0.4) is 0 Å². The molecule has 0 spiro atoms. The molecule has 8 nitrogen and oxygen atoms in total. The quantitative estimate of drug-likeness (QED) is 0.240. The fraction of sp³-hybridized carbons (Fsp3) is 0.765. The third kappa shape index (κ3) is 5.71. The molecule has 0 aromatic carbocycles. The molecular formula is C34H47FO8. The Morgan fingerprint density at radius 1 is 1.12 bits per heavy atom. The molecule has 0 bridgehead atoms. The van der Waals surface area contributed by atoms with Crippen molar-refractivity contribution in [1.29, 1.82) is 0 Å². The van der Waals surface area contributed by atoms with Crippen LogP contribution < -0.4 is 0 Å². The zero-order chi connectivity index (χ0) is 31.0. The van der Waals surface area contributed by atoms with Crippen molar-refractivity contribution in [3.63, 3.8) is 0 Å². The second-order valence-electron chi connectivity index (χ2n) is 14.0. The number of carbonyl (C=O) groups is 4. The highest BCUT2D eigenvalue weighted by Crippen LogP contribution is 2.68. The molecule has 0 heterocycles. The van der Waals surface area contributed by atoms with Crippen molar-refractivity contribution in [3.05, 3.63) is 23.8 Å². The molecular weight excluding hydrogens is 555 g/mol. The van der Waals surface area contributed by atoms with E-state index in [0.29, 0.717) is 24.3 Å². The summed E-state index contributed by atoms with van der Waals surface area (Å²) in [4.78, 5) is 51.8. The molecule has 238 valence electrons. The van der Waals surface area contributed by atoms with Crippen LogP contribution in [0.15, 0.2) is 23.8 Å². The Morgan fingerprint density at radius 3 is 2.58 bits per heavy atom. The first-order valence-electron chi connectivity index (χ1n) is 16.3. The molecule has 5 rings (SSSR count). The van der Waals surface area contributed by atoms with E-state index in [-0.39, 0.29) is 55.8 Å². The third-order valence-corrected chi connectivity index (χ3v) is 11.6. The van der Waals surface area contributed by atoms with Gasteiger partial charge < -0.3 is 19.3 Å². The SMILES string of the molecule is CCCCOC(=O)O[C@]1(C(=O)COC(=O)CCC2CCCC2)CC[C@H]2[C@@H]3C[C@H](F)C4=CC(=O)C=C[C@]4(C)[C@H]3C(O)C[C@@]21C. The van der Waals surface area contributed by atoms with Gasteiger partial charge in [0.2, 0.25) is 5.78 Å². The van der Waals surface area contributed by atoms with Crippen LogP contribution in [0.1, 0.15) is 97.8 Å². The number of aliphatic hydroxyl groups excluding tert-OH is 1. The number of esters is 1.